The Hall–Kier alpha value is -3.56. The van der Waals surface area contributed by atoms with Crippen molar-refractivity contribution in [2.45, 2.75) is 40.5 Å². The second-order valence-corrected chi connectivity index (χ2v) is 8.16. The van der Waals surface area contributed by atoms with Gasteiger partial charge in [0.1, 0.15) is 6.07 Å². The number of nitriles is 2. The molecule has 0 aliphatic carbocycles. The molecule has 10 heteroatoms. The highest BCUT2D eigenvalue weighted by Gasteiger charge is 2.18. The van der Waals surface area contributed by atoms with Crippen LogP contribution in [0, 0.1) is 28.6 Å². The van der Waals surface area contributed by atoms with Gasteiger partial charge in [-0.15, -0.1) is 5.10 Å². The van der Waals surface area contributed by atoms with Gasteiger partial charge in [-0.2, -0.15) is 20.0 Å². The van der Waals surface area contributed by atoms with E-state index in [1.807, 2.05) is 13.0 Å². The first-order valence-electron chi connectivity index (χ1n) is 11.1. The Morgan fingerprint density at radius 3 is 2.64 bits per heavy atom. The molecule has 1 aromatic carbocycles. The SMILES string of the molecule is CCNc1nc(Nc2cc(C#N)cc(N(CC)CCC(C)CC)c2Cl)nn2c(C#N)cnc12. The lowest BCUT2D eigenvalue weighted by atomic mass is 10.0. The van der Waals surface area contributed by atoms with Crippen molar-refractivity contribution in [1.82, 2.24) is 19.6 Å². The van der Waals surface area contributed by atoms with Crippen molar-refractivity contribution in [3.05, 3.63) is 34.6 Å². The quantitative estimate of drug-likeness (QED) is 0.431. The van der Waals surface area contributed by atoms with Gasteiger partial charge in [0.2, 0.25) is 5.95 Å². The number of halogens is 1. The molecule has 0 bridgehead atoms. The molecule has 0 aliphatic heterocycles. The van der Waals surface area contributed by atoms with Gasteiger partial charge in [0.05, 0.1) is 34.2 Å². The zero-order chi connectivity index (χ0) is 24.0. The highest BCUT2D eigenvalue weighted by Crippen LogP contribution is 2.36. The number of nitrogens with one attached hydrogen (secondary N) is 2. The lowest BCUT2D eigenvalue weighted by molar-refractivity contribution is 0.513. The summed E-state index contributed by atoms with van der Waals surface area (Å²) in [5.74, 6) is 1.33. The van der Waals surface area contributed by atoms with Gasteiger partial charge in [-0.25, -0.2) is 4.98 Å². The second-order valence-electron chi connectivity index (χ2n) is 7.78. The van der Waals surface area contributed by atoms with Crippen molar-refractivity contribution in [2.24, 2.45) is 5.92 Å². The molecule has 0 aliphatic rings. The maximum atomic E-state index is 9.62. The van der Waals surface area contributed by atoms with E-state index in [0.717, 1.165) is 31.6 Å². The standard InChI is InChI=1S/C23H28ClN9/c1-5-15(4)8-9-32(7-3)19-11-16(12-25)10-18(20(19)24)29-23-30-21(27-6-2)22-28-14-17(13-26)33(22)31-23/h10-11,14-15H,5-9H2,1-4H3,(H2,27,29,30,31). The molecule has 33 heavy (non-hydrogen) atoms. The Labute approximate surface area is 199 Å². The average Bonchev–Trinajstić information content (AvgIpc) is 3.24. The number of benzene rings is 1. The zero-order valence-corrected chi connectivity index (χ0v) is 20.1. The van der Waals surface area contributed by atoms with Crippen molar-refractivity contribution in [2.75, 3.05) is 35.2 Å². The molecule has 1 atom stereocenters. The number of fused-ring (bicyclic) bond motifs is 1. The molecule has 0 spiro atoms. The maximum absolute atomic E-state index is 9.62. The van der Waals surface area contributed by atoms with E-state index in [1.165, 1.54) is 10.7 Å². The topological polar surface area (TPSA) is 118 Å². The summed E-state index contributed by atoms with van der Waals surface area (Å²) in [4.78, 5) is 10.9. The van der Waals surface area contributed by atoms with Crippen molar-refractivity contribution >= 4 is 40.4 Å². The number of anilines is 4. The molecule has 0 fully saturated rings. The van der Waals surface area contributed by atoms with Gasteiger partial charge < -0.3 is 15.5 Å². The third-order valence-corrected chi connectivity index (χ3v) is 5.96. The Balaban J connectivity index is 2.03. The summed E-state index contributed by atoms with van der Waals surface area (Å²) in [5.41, 5.74) is 2.53. The fourth-order valence-corrected chi connectivity index (χ4v) is 3.72. The lowest BCUT2D eigenvalue weighted by Crippen LogP contribution is -2.26. The minimum Gasteiger partial charge on any atom is -0.371 e. The molecule has 0 radical (unpaired) electrons. The molecule has 1 unspecified atom stereocenters. The molecule has 9 nitrogen and oxygen atoms in total. The summed E-state index contributed by atoms with van der Waals surface area (Å²) in [7, 11) is 0. The molecule has 3 aromatic rings. The van der Waals surface area contributed by atoms with Gasteiger partial charge in [-0.05, 0) is 38.3 Å². The van der Waals surface area contributed by atoms with Crippen LogP contribution in [0.4, 0.5) is 23.1 Å². The molecule has 0 saturated carbocycles. The van der Waals surface area contributed by atoms with E-state index in [1.54, 1.807) is 6.07 Å². The smallest absolute Gasteiger partial charge is 0.247 e. The van der Waals surface area contributed by atoms with E-state index in [0.29, 0.717) is 40.2 Å². The Morgan fingerprint density at radius 1 is 1.21 bits per heavy atom. The van der Waals surface area contributed by atoms with Gasteiger partial charge >= 0.3 is 0 Å². The van der Waals surface area contributed by atoms with E-state index in [-0.39, 0.29) is 11.6 Å². The first kappa shape index (κ1) is 24.1. The highest BCUT2D eigenvalue weighted by atomic mass is 35.5. The number of imidazole rings is 1. The van der Waals surface area contributed by atoms with Crippen LogP contribution in [0.1, 0.15) is 51.8 Å². The van der Waals surface area contributed by atoms with Crippen molar-refractivity contribution in [1.29, 1.82) is 10.5 Å². The molecular weight excluding hydrogens is 438 g/mol. The molecule has 3 rings (SSSR count). The van der Waals surface area contributed by atoms with E-state index in [2.05, 4.69) is 63.5 Å². The summed E-state index contributed by atoms with van der Waals surface area (Å²) in [6.07, 6.45) is 3.60. The molecule has 2 aromatic heterocycles. The van der Waals surface area contributed by atoms with Crippen LogP contribution in [0.25, 0.3) is 5.65 Å². The fraction of sp³-hybridized carbons (Fsp3) is 0.435. The predicted molar refractivity (Wildman–Crippen MR) is 131 cm³/mol. The molecule has 0 saturated heterocycles. The fourth-order valence-electron chi connectivity index (χ4n) is 3.44. The van der Waals surface area contributed by atoms with Crippen LogP contribution >= 0.6 is 11.6 Å². The van der Waals surface area contributed by atoms with E-state index >= 15 is 0 Å². The Morgan fingerprint density at radius 2 is 2.00 bits per heavy atom. The minimum absolute atomic E-state index is 0.235. The van der Waals surface area contributed by atoms with Crippen molar-refractivity contribution in [3.8, 4) is 12.1 Å². The summed E-state index contributed by atoms with van der Waals surface area (Å²) < 4.78 is 1.43. The third-order valence-electron chi connectivity index (χ3n) is 5.56. The number of nitrogens with zero attached hydrogens (tertiary/aromatic N) is 7. The highest BCUT2D eigenvalue weighted by molar-refractivity contribution is 6.36. The van der Waals surface area contributed by atoms with Crippen LogP contribution in [0.5, 0.6) is 0 Å². The summed E-state index contributed by atoms with van der Waals surface area (Å²) in [6.45, 7) is 10.7. The first-order valence-corrected chi connectivity index (χ1v) is 11.5. The number of hydrogen-bond acceptors (Lipinski definition) is 8. The molecular formula is C23H28ClN9. The number of rotatable bonds is 10. The van der Waals surface area contributed by atoms with Crippen LogP contribution in [0.15, 0.2) is 18.3 Å². The molecule has 0 amide bonds. The van der Waals surface area contributed by atoms with Crippen LogP contribution < -0.4 is 15.5 Å². The van der Waals surface area contributed by atoms with Gasteiger partial charge in [-0.1, -0.05) is 31.9 Å². The Kier molecular flexibility index (Phi) is 7.92. The van der Waals surface area contributed by atoms with Crippen LogP contribution in [0.2, 0.25) is 5.02 Å². The number of aromatic nitrogens is 4. The van der Waals surface area contributed by atoms with E-state index in [4.69, 9.17) is 11.6 Å². The normalized spacial score (nSPS) is 11.6. The average molecular weight is 466 g/mol. The second kappa shape index (κ2) is 10.8. The number of hydrogen-bond donors (Lipinski definition) is 2. The summed E-state index contributed by atoms with van der Waals surface area (Å²) in [6, 6.07) is 7.78. The van der Waals surface area contributed by atoms with Gasteiger partial charge in [0, 0.05) is 19.6 Å². The van der Waals surface area contributed by atoms with Crippen molar-refractivity contribution < 1.29 is 0 Å². The van der Waals surface area contributed by atoms with Crippen LogP contribution in [-0.4, -0.2) is 39.2 Å². The van der Waals surface area contributed by atoms with Crippen molar-refractivity contribution in [3.63, 3.8) is 0 Å². The van der Waals surface area contributed by atoms with Crippen LogP contribution in [0.3, 0.4) is 0 Å². The van der Waals surface area contributed by atoms with Gasteiger partial charge in [0.15, 0.2) is 17.2 Å². The summed E-state index contributed by atoms with van der Waals surface area (Å²) >= 11 is 6.81. The molecule has 172 valence electrons. The van der Waals surface area contributed by atoms with Crippen LogP contribution in [-0.2, 0) is 0 Å². The minimum atomic E-state index is 0.235. The zero-order valence-electron chi connectivity index (χ0n) is 19.4. The maximum Gasteiger partial charge on any atom is 0.247 e. The molecule has 2 heterocycles. The Bertz CT molecular complexity index is 1210. The van der Waals surface area contributed by atoms with Gasteiger partial charge in [0.25, 0.3) is 0 Å². The van der Waals surface area contributed by atoms with E-state index < -0.39 is 0 Å². The predicted octanol–water partition coefficient (Wildman–Crippen LogP) is 4.96. The first-order chi connectivity index (χ1) is 15.9. The largest absolute Gasteiger partial charge is 0.371 e. The third kappa shape index (κ3) is 5.27. The lowest BCUT2D eigenvalue weighted by Gasteiger charge is -2.27. The summed E-state index contributed by atoms with van der Waals surface area (Å²) in [5, 5.41) is 30.2. The molecule has 2 N–H and O–H groups in total. The van der Waals surface area contributed by atoms with Gasteiger partial charge in [-0.3, -0.25) is 0 Å². The van der Waals surface area contributed by atoms with E-state index in [9.17, 15) is 10.5 Å². The monoisotopic (exact) mass is 465 g/mol.